The van der Waals surface area contributed by atoms with E-state index in [1.807, 2.05) is 0 Å². The molecule has 1 atom stereocenters. The number of rotatable bonds is 8. The smallest absolute Gasteiger partial charge is 0.248 e. The number of anilines is 2. The summed E-state index contributed by atoms with van der Waals surface area (Å²) in [6.07, 6.45) is 5.83. The zero-order valence-electron chi connectivity index (χ0n) is 17.2. The minimum atomic E-state index is -3.90. The third kappa shape index (κ3) is 5.30. The third-order valence-corrected chi connectivity index (χ3v) is 6.31. The number of halogens is 1. The zero-order valence-corrected chi connectivity index (χ0v) is 18.0. The zero-order chi connectivity index (χ0) is 21.7. The standard InChI is InChI=1S/C22H27FN2O4S/c1-3-20(25(30(2,27)28)21-11-7-6-10-19(21)23)22(26)24-16-12-14-18(15-13-16)29-17-8-4-5-9-17/h6-7,10-15,17,20H,3-5,8-9H2,1-2H3,(H,24,26)/t20-/m1/s1. The van der Waals surface area contributed by atoms with Crippen molar-refractivity contribution < 1.29 is 22.3 Å². The van der Waals surface area contributed by atoms with Gasteiger partial charge >= 0.3 is 0 Å². The minimum absolute atomic E-state index is 0.151. The summed E-state index contributed by atoms with van der Waals surface area (Å²) in [6.45, 7) is 1.68. The second-order valence-corrected chi connectivity index (χ2v) is 9.33. The van der Waals surface area contributed by atoms with Crippen LogP contribution in [0.3, 0.4) is 0 Å². The number of ether oxygens (including phenoxy) is 1. The van der Waals surface area contributed by atoms with Gasteiger partial charge in [-0.3, -0.25) is 9.10 Å². The summed E-state index contributed by atoms with van der Waals surface area (Å²) in [4.78, 5) is 12.9. The Morgan fingerprint density at radius 3 is 2.37 bits per heavy atom. The Balaban J connectivity index is 1.76. The first-order chi connectivity index (χ1) is 14.3. The molecular formula is C22H27FN2O4S. The topological polar surface area (TPSA) is 75.7 Å². The van der Waals surface area contributed by atoms with E-state index in [0.717, 1.165) is 29.2 Å². The summed E-state index contributed by atoms with van der Waals surface area (Å²) >= 11 is 0. The summed E-state index contributed by atoms with van der Waals surface area (Å²) in [6, 6.07) is 11.4. The van der Waals surface area contributed by atoms with E-state index in [0.29, 0.717) is 5.69 Å². The molecule has 8 heteroatoms. The van der Waals surface area contributed by atoms with Crippen molar-refractivity contribution in [2.75, 3.05) is 15.9 Å². The van der Waals surface area contributed by atoms with Crippen molar-refractivity contribution in [3.05, 3.63) is 54.3 Å². The van der Waals surface area contributed by atoms with Gasteiger partial charge in [0.05, 0.1) is 18.0 Å². The molecular weight excluding hydrogens is 407 g/mol. The number of benzene rings is 2. The molecule has 0 aliphatic heterocycles. The van der Waals surface area contributed by atoms with Gasteiger partial charge in [-0.1, -0.05) is 19.1 Å². The third-order valence-electron chi connectivity index (χ3n) is 5.15. The van der Waals surface area contributed by atoms with Crippen molar-refractivity contribution in [3.63, 3.8) is 0 Å². The van der Waals surface area contributed by atoms with E-state index < -0.39 is 27.8 Å². The number of hydrogen-bond donors (Lipinski definition) is 1. The number of para-hydroxylation sites is 1. The van der Waals surface area contributed by atoms with Crippen molar-refractivity contribution >= 4 is 27.3 Å². The Morgan fingerprint density at radius 2 is 1.80 bits per heavy atom. The number of nitrogens with zero attached hydrogens (tertiary/aromatic N) is 1. The summed E-state index contributed by atoms with van der Waals surface area (Å²) in [5, 5.41) is 2.73. The van der Waals surface area contributed by atoms with Crippen LogP contribution in [0.1, 0.15) is 39.0 Å². The molecule has 1 saturated carbocycles. The molecule has 1 amide bonds. The lowest BCUT2D eigenvalue weighted by molar-refractivity contribution is -0.117. The van der Waals surface area contributed by atoms with E-state index in [-0.39, 0.29) is 18.2 Å². The van der Waals surface area contributed by atoms with Crippen LogP contribution in [-0.4, -0.2) is 32.7 Å². The van der Waals surface area contributed by atoms with Crippen LogP contribution in [0, 0.1) is 5.82 Å². The van der Waals surface area contributed by atoms with Gasteiger partial charge in [-0.05, 0) is 68.5 Å². The largest absolute Gasteiger partial charge is 0.490 e. The summed E-state index contributed by atoms with van der Waals surface area (Å²) in [5.41, 5.74) is 0.363. The molecule has 0 unspecified atom stereocenters. The van der Waals surface area contributed by atoms with Crippen LogP contribution in [0.2, 0.25) is 0 Å². The van der Waals surface area contributed by atoms with Crippen molar-refractivity contribution in [1.29, 1.82) is 0 Å². The van der Waals surface area contributed by atoms with E-state index in [2.05, 4.69) is 5.32 Å². The van der Waals surface area contributed by atoms with Gasteiger partial charge in [0.15, 0.2) is 0 Å². The van der Waals surface area contributed by atoms with Crippen LogP contribution < -0.4 is 14.4 Å². The van der Waals surface area contributed by atoms with Crippen molar-refractivity contribution in [2.45, 2.75) is 51.2 Å². The first kappa shape index (κ1) is 22.1. The number of carbonyl (C=O) groups is 1. The lowest BCUT2D eigenvalue weighted by Crippen LogP contribution is -2.47. The maximum atomic E-state index is 14.3. The van der Waals surface area contributed by atoms with Gasteiger partial charge in [0.25, 0.3) is 0 Å². The Kier molecular flexibility index (Phi) is 6.97. The molecule has 0 radical (unpaired) electrons. The van der Waals surface area contributed by atoms with Crippen LogP contribution in [0.5, 0.6) is 5.75 Å². The molecule has 3 rings (SSSR count). The molecule has 0 heterocycles. The van der Waals surface area contributed by atoms with Gasteiger partial charge < -0.3 is 10.1 Å². The second kappa shape index (κ2) is 9.47. The molecule has 2 aromatic rings. The summed E-state index contributed by atoms with van der Waals surface area (Å²) in [7, 11) is -3.90. The number of hydrogen-bond acceptors (Lipinski definition) is 4. The number of sulfonamides is 1. The highest BCUT2D eigenvalue weighted by molar-refractivity contribution is 7.92. The molecule has 1 aliphatic carbocycles. The lowest BCUT2D eigenvalue weighted by Gasteiger charge is -2.30. The molecule has 1 fully saturated rings. The van der Waals surface area contributed by atoms with Gasteiger partial charge in [0.2, 0.25) is 15.9 Å². The van der Waals surface area contributed by atoms with E-state index >= 15 is 0 Å². The van der Waals surface area contributed by atoms with Gasteiger partial charge in [-0.25, -0.2) is 12.8 Å². The Bertz CT molecular complexity index is 973. The van der Waals surface area contributed by atoms with Gasteiger partial charge in [0.1, 0.15) is 17.6 Å². The fraction of sp³-hybridized carbons (Fsp3) is 0.409. The maximum absolute atomic E-state index is 14.3. The Morgan fingerprint density at radius 1 is 1.17 bits per heavy atom. The molecule has 2 aromatic carbocycles. The van der Waals surface area contributed by atoms with Gasteiger partial charge in [-0.2, -0.15) is 0 Å². The molecule has 0 bridgehead atoms. The molecule has 1 aliphatic rings. The molecule has 162 valence electrons. The van der Waals surface area contributed by atoms with Crippen LogP contribution in [-0.2, 0) is 14.8 Å². The highest BCUT2D eigenvalue weighted by Crippen LogP contribution is 2.27. The van der Waals surface area contributed by atoms with Crippen LogP contribution in [0.25, 0.3) is 0 Å². The van der Waals surface area contributed by atoms with Crippen molar-refractivity contribution in [2.24, 2.45) is 0 Å². The predicted molar refractivity (Wildman–Crippen MR) is 116 cm³/mol. The molecule has 0 aromatic heterocycles. The normalized spacial score (nSPS) is 15.6. The molecule has 0 spiro atoms. The Labute approximate surface area is 177 Å². The van der Waals surface area contributed by atoms with E-state index in [9.17, 15) is 17.6 Å². The number of amides is 1. The van der Waals surface area contributed by atoms with E-state index in [1.165, 1.54) is 37.1 Å². The van der Waals surface area contributed by atoms with E-state index in [1.54, 1.807) is 31.2 Å². The molecule has 6 nitrogen and oxygen atoms in total. The highest BCUT2D eigenvalue weighted by atomic mass is 32.2. The molecule has 30 heavy (non-hydrogen) atoms. The lowest BCUT2D eigenvalue weighted by atomic mass is 10.1. The molecule has 1 N–H and O–H groups in total. The predicted octanol–water partition coefficient (Wildman–Crippen LogP) is 4.33. The maximum Gasteiger partial charge on any atom is 0.248 e. The summed E-state index contributed by atoms with van der Waals surface area (Å²) in [5.74, 6) is -0.505. The molecule has 0 saturated heterocycles. The fourth-order valence-electron chi connectivity index (χ4n) is 3.71. The van der Waals surface area contributed by atoms with E-state index in [4.69, 9.17) is 4.74 Å². The highest BCUT2D eigenvalue weighted by Gasteiger charge is 2.33. The monoisotopic (exact) mass is 434 g/mol. The first-order valence-corrected chi connectivity index (χ1v) is 12.0. The average molecular weight is 435 g/mol. The Hall–Kier alpha value is -2.61. The minimum Gasteiger partial charge on any atom is -0.490 e. The van der Waals surface area contributed by atoms with Crippen molar-refractivity contribution in [1.82, 2.24) is 0 Å². The van der Waals surface area contributed by atoms with Crippen molar-refractivity contribution in [3.8, 4) is 5.75 Å². The van der Waals surface area contributed by atoms with Gasteiger partial charge in [-0.15, -0.1) is 0 Å². The quantitative estimate of drug-likeness (QED) is 0.671. The number of carbonyl (C=O) groups excluding carboxylic acids is 1. The second-order valence-electron chi connectivity index (χ2n) is 7.47. The van der Waals surface area contributed by atoms with Crippen LogP contribution in [0.4, 0.5) is 15.8 Å². The van der Waals surface area contributed by atoms with Crippen LogP contribution in [0.15, 0.2) is 48.5 Å². The average Bonchev–Trinajstić information content (AvgIpc) is 3.20. The van der Waals surface area contributed by atoms with Gasteiger partial charge in [0, 0.05) is 5.69 Å². The number of nitrogens with one attached hydrogen (secondary N) is 1. The first-order valence-electron chi connectivity index (χ1n) is 10.1. The SMILES string of the molecule is CC[C@H](C(=O)Nc1ccc(OC2CCCC2)cc1)N(c1ccccc1F)S(C)(=O)=O. The summed E-state index contributed by atoms with van der Waals surface area (Å²) < 4.78 is 45.9. The van der Waals surface area contributed by atoms with Crippen LogP contribution >= 0.6 is 0 Å². The fourth-order valence-corrected chi connectivity index (χ4v) is 4.92.